The molecule has 1 aromatic rings. The Morgan fingerprint density at radius 2 is 1.74 bits per heavy atom. The van der Waals surface area contributed by atoms with Gasteiger partial charge in [0, 0.05) is 63.1 Å². The molecule has 1 spiro atoms. The summed E-state index contributed by atoms with van der Waals surface area (Å²) in [6, 6.07) is 11.0. The number of alkyl halides is 2. The summed E-state index contributed by atoms with van der Waals surface area (Å²) in [4.78, 5) is 33.8. The summed E-state index contributed by atoms with van der Waals surface area (Å²) in [6.45, 7) is 7.43. The van der Waals surface area contributed by atoms with Crippen molar-refractivity contribution in [1.29, 1.82) is 0 Å². The van der Waals surface area contributed by atoms with Crippen LogP contribution < -0.4 is 5.32 Å². The molecule has 7 nitrogen and oxygen atoms in total. The standard InChI is InChI=1S/C33H48F2N4O3/c1-23(2)39-31(41)37(21-28-9-6-18-42-28)22-32(39)19-26-10-11-27(20-32)38(26)17-14-29(24-7-4-3-5-8-24)36-30(40)25-12-15-33(34,35)16-13-25/h3-5,7-8,23,25-29H,6,9-22H2,1-2H3,(H,36,40)/t26?,27?,28?,29-,32?/m0/s1. The highest BCUT2D eigenvalue weighted by Crippen LogP contribution is 2.48. The first-order chi connectivity index (χ1) is 20.1. The summed E-state index contributed by atoms with van der Waals surface area (Å²) in [5.74, 6) is -3.08. The van der Waals surface area contributed by atoms with E-state index in [2.05, 4.69) is 33.9 Å². The Balaban J connectivity index is 1.12. The first-order valence-electron chi connectivity index (χ1n) is 16.3. The summed E-state index contributed by atoms with van der Waals surface area (Å²) in [6.07, 6.45) is 7.34. The number of amides is 3. The van der Waals surface area contributed by atoms with E-state index in [0.29, 0.717) is 18.6 Å². The molecule has 4 heterocycles. The third kappa shape index (κ3) is 6.05. The number of hydrogen-bond acceptors (Lipinski definition) is 4. The highest BCUT2D eigenvalue weighted by molar-refractivity contribution is 5.79. The van der Waals surface area contributed by atoms with Crippen LogP contribution >= 0.6 is 0 Å². The molecule has 2 bridgehead atoms. The van der Waals surface area contributed by atoms with Gasteiger partial charge in [0.2, 0.25) is 11.8 Å². The first-order valence-corrected chi connectivity index (χ1v) is 16.3. The van der Waals surface area contributed by atoms with Crippen LogP contribution in [0.1, 0.15) is 96.1 Å². The molecule has 9 heteroatoms. The van der Waals surface area contributed by atoms with E-state index in [9.17, 15) is 18.4 Å². The molecule has 5 aliphatic rings. The van der Waals surface area contributed by atoms with Crippen molar-refractivity contribution in [3.8, 4) is 0 Å². The molecule has 6 rings (SSSR count). The van der Waals surface area contributed by atoms with Crippen molar-refractivity contribution in [2.45, 2.75) is 126 Å². The molecule has 3 amide bonds. The number of nitrogens with zero attached hydrogens (tertiary/aromatic N) is 3. The largest absolute Gasteiger partial charge is 0.376 e. The molecule has 1 saturated carbocycles. The van der Waals surface area contributed by atoms with Crippen LogP contribution in [0, 0.1) is 5.92 Å². The van der Waals surface area contributed by atoms with Gasteiger partial charge >= 0.3 is 6.03 Å². The number of ether oxygens (including phenoxy) is 1. The van der Waals surface area contributed by atoms with Gasteiger partial charge in [0.15, 0.2) is 0 Å². The molecule has 0 aromatic heterocycles. The maximum atomic E-state index is 13.7. The second-order valence-corrected chi connectivity index (χ2v) is 13.9. The van der Waals surface area contributed by atoms with E-state index in [1.54, 1.807) is 0 Å². The topological polar surface area (TPSA) is 65.1 Å². The van der Waals surface area contributed by atoms with E-state index in [1.165, 1.54) is 0 Å². The third-order valence-electron chi connectivity index (χ3n) is 10.7. The zero-order valence-corrected chi connectivity index (χ0v) is 25.3. The Hall–Kier alpha value is -2.26. The number of fused-ring (bicyclic) bond motifs is 2. The number of benzene rings is 1. The van der Waals surface area contributed by atoms with Gasteiger partial charge in [-0.2, -0.15) is 0 Å². The molecule has 1 aliphatic carbocycles. The molecular formula is C33H48F2N4O3. The monoisotopic (exact) mass is 586 g/mol. The molecule has 4 atom stereocenters. The normalized spacial score (nSPS) is 32.3. The maximum absolute atomic E-state index is 13.7. The quantitative estimate of drug-likeness (QED) is 0.400. The average molecular weight is 587 g/mol. The van der Waals surface area contributed by atoms with Crippen molar-refractivity contribution in [1.82, 2.24) is 20.0 Å². The van der Waals surface area contributed by atoms with Crippen LogP contribution in [0.3, 0.4) is 0 Å². The summed E-state index contributed by atoms with van der Waals surface area (Å²) >= 11 is 0. The number of nitrogens with one attached hydrogen (secondary N) is 1. The highest BCUT2D eigenvalue weighted by atomic mass is 19.3. The van der Waals surface area contributed by atoms with Crippen molar-refractivity contribution < 1.29 is 23.1 Å². The number of carbonyl (C=O) groups is 2. The number of rotatable bonds is 9. The maximum Gasteiger partial charge on any atom is 0.320 e. The van der Waals surface area contributed by atoms with Gasteiger partial charge < -0.3 is 19.9 Å². The van der Waals surface area contributed by atoms with E-state index >= 15 is 0 Å². The van der Waals surface area contributed by atoms with Crippen LogP contribution in [-0.2, 0) is 9.53 Å². The average Bonchev–Trinajstić information content (AvgIpc) is 3.63. The molecule has 4 aliphatic heterocycles. The van der Waals surface area contributed by atoms with Crippen LogP contribution in [0.4, 0.5) is 13.6 Å². The summed E-state index contributed by atoms with van der Waals surface area (Å²) in [5, 5.41) is 3.25. The number of piperidine rings is 1. The summed E-state index contributed by atoms with van der Waals surface area (Å²) in [7, 11) is 0. The summed E-state index contributed by atoms with van der Waals surface area (Å²) in [5.41, 5.74) is 0.924. The lowest BCUT2D eigenvalue weighted by Gasteiger charge is -2.49. The number of carbonyl (C=O) groups excluding carboxylic acids is 2. The number of urea groups is 1. The minimum atomic E-state index is -2.64. The van der Waals surface area contributed by atoms with Crippen molar-refractivity contribution >= 4 is 11.9 Å². The minimum absolute atomic E-state index is 0.0942. The smallest absolute Gasteiger partial charge is 0.320 e. The zero-order valence-electron chi connectivity index (χ0n) is 25.3. The lowest BCUT2D eigenvalue weighted by Crippen LogP contribution is -2.60. The molecule has 232 valence electrons. The van der Waals surface area contributed by atoms with E-state index < -0.39 is 5.92 Å². The Kier molecular flexibility index (Phi) is 8.53. The van der Waals surface area contributed by atoms with Crippen LogP contribution in [0.2, 0.25) is 0 Å². The van der Waals surface area contributed by atoms with Crippen LogP contribution in [0.15, 0.2) is 30.3 Å². The van der Waals surface area contributed by atoms with Crippen LogP contribution in [0.5, 0.6) is 0 Å². The van der Waals surface area contributed by atoms with Gasteiger partial charge in [-0.15, -0.1) is 0 Å². The molecule has 1 aromatic carbocycles. The SMILES string of the molecule is CC(C)N1C(=O)N(CC2CCCO2)CC12CC1CCC(C2)N1CC[C@H](NC(=O)C1CCC(F)(F)CC1)c1ccccc1. The number of halogens is 2. The Bertz CT molecular complexity index is 1090. The molecular weight excluding hydrogens is 538 g/mol. The van der Waals surface area contributed by atoms with Crippen molar-refractivity contribution in [3.05, 3.63) is 35.9 Å². The molecule has 3 unspecified atom stereocenters. The third-order valence-corrected chi connectivity index (χ3v) is 10.7. The Labute approximate surface area is 249 Å². The van der Waals surface area contributed by atoms with Crippen molar-refractivity contribution in [2.24, 2.45) is 5.92 Å². The van der Waals surface area contributed by atoms with Gasteiger partial charge in [-0.1, -0.05) is 30.3 Å². The van der Waals surface area contributed by atoms with Gasteiger partial charge in [0.25, 0.3) is 0 Å². The number of hydrogen-bond donors (Lipinski definition) is 1. The van der Waals surface area contributed by atoms with E-state index in [1.807, 2.05) is 30.3 Å². The van der Waals surface area contributed by atoms with E-state index in [-0.39, 0.29) is 67.3 Å². The molecule has 5 fully saturated rings. The predicted octanol–water partition coefficient (Wildman–Crippen LogP) is 5.75. The highest BCUT2D eigenvalue weighted by Gasteiger charge is 2.58. The van der Waals surface area contributed by atoms with Gasteiger partial charge in [-0.25, -0.2) is 13.6 Å². The van der Waals surface area contributed by atoms with Crippen LogP contribution in [-0.4, -0.2) is 88.6 Å². The Morgan fingerprint density at radius 3 is 2.36 bits per heavy atom. The second-order valence-electron chi connectivity index (χ2n) is 13.9. The fourth-order valence-corrected chi connectivity index (χ4v) is 8.78. The van der Waals surface area contributed by atoms with Crippen molar-refractivity contribution in [3.63, 3.8) is 0 Å². The van der Waals surface area contributed by atoms with Gasteiger partial charge in [0.1, 0.15) is 0 Å². The summed E-state index contributed by atoms with van der Waals surface area (Å²) < 4.78 is 33.3. The van der Waals surface area contributed by atoms with Gasteiger partial charge in [-0.05, 0) is 77.2 Å². The first kappa shape index (κ1) is 29.8. The second kappa shape index (κ2) is 12.0. The fraction of sp³-hybridized carbons (Fsp3) is 0.758. The van der Waals surface area contributed by atoms with Gasteiger partial charge in [-0.3, -0.25) is 9.69 Å². The molecule has 1 N–H and O–H groups in total. The van der Waals surface area contributed by atoms with E-state index in [0.717, 1.165) is 70.2 Å². The van der Waals surface area contributed by atoms with Crippen molar-refractivity contribution in [2.75, 3.05) is 26.2 Å². The molecule has 0 radical (unpaired) electrons. The lowest BCUT2D eigenvalue weighted by molar-refractivity contribution is -0.130. The molecule has 4 saturated heterocycles. The molecule has 42 heavy (non-hydrogen) atoms. The van der Waals surface area contributed by atoms with Gasteiger partial charge in [0.05, 0.1) is 17.7 Å². The lowest BCUT2D eigenvalue weighted by atomic mass is 9.81. The predicted molar refractivity (Wildman–Crippen MR) is 157 cm³/mol. The zero-order chi connectivity index (χ0) is 29.5. The van der Waals surface area contributed by atoms with E-state index in [4.69, 9.17) is 4.74 Å². The minimum Gasteiger partial charge on any atom is -0.376 e. The van der Waals surface area contributed by atoms with Crippen LogP contribution in [0.25, 0.3) is 0 Å². The fourth-order valence-electron chi connectivity index (χ4n) is 8.78. The Morgan fingerprint density at radius 1 is 1.05 bits per heavy atom.